The number of carboxylic acid groups (broad SMARTS) is 1. The summed E-state index contributed by atoms with van der Waals surface area (Å²) < 4.78 is 0. The highest BCUT2D eigenvalue weighted by atomic mass is 35.5. The van der Waals surface area contributed by atoms with Crippen LogP contribution in [0.1, 0.15) is 16.1 Å². The fourth-order valence-electron chi connectivity index (χ4n) is 1.35. The summed E-state index contributed by atoms with van der Waals surface area (Å²) in [6.45, 7) is 1.89. The van der Waals surface area contributed by atoms with Gasteiger partial charge in [-0.05, 0) is 18.6 Å². The fourth-order valence-corrected chi connectivity index (χ4v) is 2.21. The van der Waals surface area contributed by atoms with E-state index in [-0.39, 0.29) is 5.69 Å². The molecule has 1 heterocycles. The number of rotatable bonds is 3. The Hall–Kier alpha value is -1.59. The van der Waals surface area contributed by atoms with Gasteiger partial charge in [0, 0.05) is 0 Å². The molecule has 0 aliphatic carbocycles. The van der Waals surface area contributed by atoms with Crippen LogP contribution in [0.25, 0.3) is 0 Å². The van der Waals surface area contributed by atoms with Crippen LogP contribution in [-0.4, -0.2) is 16.1 Å². The molecule has 0 spiro atoms. The molecular formula is C11H9ClN2O2S. The number of halogens is 1. The van der Waals surface area contributed by atoms with Crippen LogP contribution in [0.2, 0.25) is 5.02 Å². The summed E-state index contributed by atoms with van der Waals surface area (Å²) in [5, 5.41) is 13.0. The number of nitrogens with zero attached hydrogens (tertiary/aromatic N) is 1. The number of benzene rings is 1. The van der Waals surface area contributed by atoms with Gasteiger partial charge in [0.15, 0.2) is 5.69 Å². The van der Waals surface area contributed by atoms with Gasteiger partial charge in [-0.3, -0.25) is 0 Å². The van der Waals surface area contributed by atoms with Crippen molar-refractivity contribution >= 4 is 39.6 Å². The second kappa shape index (κ2) is 4.73. The van der Waals surface area contributed by atoms with Gasteiger partial charge in [0.1, 0.15) is 5.00 Å². The molecular weight excluding hydrogens is 260 g/mol. The number of carboxylic acids is 1. The van der Waals surface area contributed by atoms with E-state index in [1.165, 1.54) is 16.8 Å². The van der Waals surface area contributed by atoms with E-state index >= 15 is 0 Å². The molecule has 0 bridgehead atoms. The third kappa shape index (κ3) is 2.40. The zero-order chi connectivity index (χ0) is 12.4. The maximum atomic E-state index is 10.9. The van der Waals surface area contributed by atoms with E-state index < -0.39 is 5.97 Å². The van der Waals surface area contributed by atoms with Gasteiger partial charge >= 0.3 is 5.97 Å². The Morgan fingerprint density at radius 2 is 2.29 bits per heavy atom. The first-order chi connectivity index (χ1) is 8.09. The molecule has 0 aliphatic rings. The smallest absolute Gasteiger partial charge is 0.357 e. The first-order valence-electron chi connectivity index (χ1n) is 4.78. The average Bonchev–Trinajstić information content (AvgIpc) is 2.73. The molecule has 2 aromatic rings. The van der Waals surface area contributed by atoms with Crippen LogP contribution >= 0.6 is 22.9 Å². The standard InChI is InChI=1S/C11H9ClN2O2S/c1-6-3-2-4-7(8(6)12)14-10-9(11(15)16)13-5-17-10/h2-5,14H,1H3,(H,15,16). The number of carbonyl (C=O) groups is 1. The van der Waals surface area contributed by atoms with Gasteiger partial charge in [-0.15, -0.1) is 11.3 Å². The van der Waals surface area contributed by atoms with Crippen molar-refractivity contribution in [2.45, 2.75) is 6.92 Å². The van der Waals surface area contributed by atoms with Gasteiger partial charge in [-0.2, -0.15) is 0 Å². The van der Waals surface area contributed by atoms with Gasteiger partial charge in [0.05, 0.1) is 16.2 Å². The third-order valence-corrected chi connectivity index (χ3v) is 3.45. The molecule has 6 heteroatoms. The van der Waals surface area contributed by atoms with E-state index in [9.17, 15) is 4.79 Å². The minimum Gasteiger partial charge on any atom is -0.476 e. The van der Waals surface area contributed by atoms with E-state index in [2.05, 4.69) is 10.3 Å². The molecule has 0 fully saturated rings. The number of aromatic carboxylic acids is 1. The highest BCUT2D eigenvalue weighted by molar-refractivity contribution is 7.14. The Morgan fingerprint density at radius 1 is 1.53 bits per heavy atom. The van der Waals surface area contributed by atoms with Crippen LogP contribution < -0.4 is 5.32 Å². The summed E-state index contributed by atoms with van der Waals surface area (Å²) in [4.78, 5) is 14.7. The molecule has 2 N–H and O–H groups in total. The van der Waals surface area contributed by atoms with Crippen molar-refractivity contribution in [3.63, 3.8) is 0 Å². The second-order valence-corrected chi connectivity index (χ2v) is 4.63. The highest BCUT2D eigenvalue weighted by Gasteiger charge is 2.14. The van der Waals surface area contributed by atoms with Gasteiger partial charge in [-0.25, -0.2) is 9.78 Å². The SMILES string of the molecule is Cc1cccc(Nc2scnc2C(=O)O)c1Cl. The van der Waals surface area contributed by atoms with Gasteiger partial charge in [0.2, 0.25) is 0 Å². The summed E-state index contributed by atoms with van der Waals surface area (Å²) in [6.07, 6.45) is 0. The van der Waals surface area contributed by atoms with Crippen molar-refractivity contribution in [1.29, 1.82) is 0 Å². The summed E-state index contributed by atoms with van der Waals surface area (Å²) in [7, 11) is 0. The summed E-state index contributed by atoms with van der Waals surface area (Å²) in [6, 6.07) is 5.53. The molecule has 4 nitrogen and oxygen atoms in total. The summed E-state index contributed by atoms with van der Waals surface area (Å²) >= 11 is 7.34. The number of aromatic nitrogens is 1. The number of aryl methyl sites for hydroxylation is 1. The summed E-state index contributed by atoms with van der Waals surface area (Å²) in [5.74, 6) is -1.06. The highest BCUT2D eigenvalue weighted by Crippen LogP contribution is 2.31. The van der Waals surface area contributed by atoms with Crippen molar-refractivity contribution in [3.8, 4) is 0 Å². The molecule has 0 radical (unpaired) electrons. The third-order valence-electron chi connectivity index (χ3n) is 2.21. The lowest BCUT2D eigenvalue weighted by atomic mass is 10.2. The van der Waals surface area contributed by atoms with Crippen LogP contribution in [0, 0.1) is 6.92 Å². The Balaban J connectivity index is 2.35. The number of anilines is 2. The van der Waals surface area contributed by atoms with Crippen LogP contribution in [-0.2, 0) is 0 Å². The van der Waals surface area contributed by atoms with Crippen LogP contribution in [0.15, 0.2) is 23.7 Å². The molecule has 2 rings (SSSR count). The molecule has 1 aromatic heterocycles. The molecule has 0 amide bonds. The van der Waals surface area contributed by atoms with Crippen LogP contribution in [0.5, 0.6) is 0 Å². The van der Waals surface area contributed by atoms with E-state index in [1.807, 2.05) is 19.1 Å². The number of thiazole rings is 1. The summed E-state index contributed by atoms with van der Waals surface area (Å²) in [5.41, 5.74) is 3.10. The Bertz CT molecular complexity index is 568. The largest absolute Gasteiger partial charge is 0.476 e. The predicted molar refractivity (Wildman–Crippen MR) is 68.5 cm³/mol. The first-order valence-corrected chi connectivity index (χ1v) is 6.04. The Kier molecular flexibility index (Phi) is 3.31. The minimum absolute atomic E-state index is 0.00701. The minimum atomic E-state index is -1.06. The first kappa shape index (κ1) is 11.9. The Labute approximate surface area is 107 Å². The lowest BCUT2D eigenvalue weighted by Gasteiger charge is -2.08. The molecule has 0 saturated carbocycles. The molecule has 1 aromatic carbocycles. The Morgan fingerprint density at radius 3 is 3.00 bits per heavy atom. The lowest BCUT2D eigenvalue weighted by Crippen LogP contribution is -2.01. The van der Waals surface area contributed by atoms with Crippen LogP contribution in [0.3, 0.4) is 0 Å². The zero-order valence-electron chi connectivity index (χ0n) is 8.90. The fraction of sp³-hybridized carbons (Fsp3) is 0.0909. The number of hydrogen-bond donors (Lipinski definition) is 2. The van der Waals surface area contributed by atoms with Gasteiger partial charge in [-0.1, -0.05) is 23.7 Å². The van der Waals surface area contributed by atoms with E-state index in [0.717, 1.165) is 5.56 Å². The normalized spacial score (nSPS) is 10.2. The van der Waals surface area contributed by atoms with E-state index in [4.69, 9.17) is 16.7 Å². The van der Waals surface area contributed by atoms with Gasteiger partial charge < -0.3 is 10.4 Å². The molecule has 0 atom stereocenters. The van der Waals surface area contributed by atoms with E-state index in [1.54, 1.807) is 6.07 Å². The van der Waals surface area contributed by atoms with Crippen LogP contribution in [0.4, 0.5) is 10.7 Å². The monoisotopic (exact) mass is 268 g/mol. The van der Waals surface area contributed by atoms with Crippen molar-refractivity contribution in [2.75, 3.05) is 5.32 Å². The van der Waals surface area contributed by atoms with Crippen molar-refractivity contribution in [1.82, 2.24) is 4.98 Å². The molecule has 17 heavy (non-hydrogen) atoms. The predicted octanol–water partition coefficient (Wildman–Crippen LogP) is 3.55. The lowest BCUT2D eigenvalue weighted by molar-refractivity contribution is 0.0692. The number of hydrogen-bond acceptors (Lipinski definition) is 4. The average molecular weight is 269 g/mol. The zero-order valence-corrected chi connectivity index (χ0v) is 10.5. The second-order valence-electron chi connectivity index (χ2n) is 3.40. The molecule has 0 unspecified atom stereocenters. The topological polar surface area (TPSA) is 62.2 Å². The van der Waals surface area contributed by atoms with E-state index in [0.29, 0.717) is 15.7 Å². The van der Waals surface area contributed by atoms with Crippen molar-refractivity contribution < 1.29 is 9.90 Å². The van der Waals surface area contributed by atoms with Crippen molar-refractivity contribution in [3.05, 3.63) is 40.0 Å². The molecule has 88 valence electrons. The molecule has 0 aliphatic heterocycles. The maximum absolute atomic E-state index is 10.9. The molecule has 0 saturated heterocycles. The quantitative estimate of drug-likeness (QED) is 0.894. The maximum Gasteiger partial charge on any atom is 0.357 e. The number of nitrogens with one attached hydrogen (secondary N) is 1. The van der Waals surface area contributed by atoms with Gasteiger partial charge in [0.25, 0.3) is 0 Å². The van der Waals surface area contributed by atoms with Crippen molar-refractivity contribution in [2.24, 2.45) is 0 Å².